The summed E-state index contributed by atoms with van der Waals surface area (Å²) in [7, 11) is 2.21. The van der Waals surface area contributed by atoms with Crippen LogP contribution >= 0.6 is 0 Å². The third-order valence-corrected chi connectivity index (χ3v) is 6.42. The second-order valence-electron chi connectivity index (χ2n) is 8.21. The summed E-state index contributed by atoms with van der Waals surface area (Å²) >= 11 is 0. The molecule has 0 amide bonds. The van der Waals surface area contributed by atoms with Crippen LogP contribution in [0.15, 0.2) is 60.7 Å². The van der Waals surface area contributed by atoms with E-state index in [0.717, 1.165) is 37.8 Å². The van der Waals surface area contributed by atoms with Gasteiger partial charge in [-0.15, -0.1) is 0 Å². The lowest BCUT2D eigenvalue weighted by molar-refractivity contribution is 0.227. The highest BCUT2D eigenvalue weighted by Crippen LogP contribution is 2.50. The highest BCUT2D eigenvalue weighted by Gasteiger charge is 2.34. The normalized spacial score (nSPS) is 17.5. The molecule has 0 spiro atoms. The van der Waals surface area contributed by atoms with Gasteiger partial charge in [0.1, 0.15) is 0 Å². The molecule has 3 heteroatoms. The van der Waals surface area contributed by atoms with Gasteiger partial charge in [-0.05, 0) is 66.6 Å². The first kappa shape index (κ1) is 18.3. The van der Waals surface area contributed by atoms with Crippen molar-refractivity contribution in [3.8, 4) is 22.6 Å². The number of hydrogen-bond acceptors (Lipinski definition) is 3. The standard InChI is InChI=1S/C26H27NO2/c1-27-15-14-19-10-5-11-21-24(19)22(27)17-20-12-13-23(26(28)25(20)21)29-16-6-9-18-7-3-2-4-8-18/h2-5,7-8,10-13,22,28H,6,9,14-17H2,1H3/t22-/m1/s1. The number of likely N-dealkylation sites (N-methyl/N-ethyl adjacent to an activating group) is 1. The molecular formula is C26H27NO2. The van der Waals surface area contributed by atoms with Crippen LogP contribution in [-0.4, -0.2) is 30.2 Å². The van der Waals surface area contributed by atoms with Crippen LogP contribution in [0.5, 0.6) is 11.5 Å². The molecular weight excluding hydrogens is 358 g/mol. The molecule has 1 heterocycles. The van der Waals surface area contributed by atoms with Crippen molar-refractivity contribution in [2.45, 2.75) is 31.7 Å². The molecule has 5 rings (SSSR count). The number of nitrogens with zero attached hydrogens (tertiary/aromatic N) is 1. The number of phenolic OH excluding ortho intramolecular Hbond substituents is 1. The Labute approximate surface area is 172 Å². The second kappa shape index (κ2) is 7.57. The maximum absolute atomic E-state index is 11.1. The first-order valence-electron chi connectivity index (χ1n) is 10.6. The van der Waals surface area contributed by atoms with E-state index in [-0.39, 0.29) is 0 Å². The smallest absolute Gasteiger partial charge is 0.165 e. The minimum Gasteiger partial charge on any atom is -0.504 e. The fraction of sp³-hybridized carbons (Fsp3) is 0.308. The first-order chi connectivity index (χ1) is 14.2. The topological polar surface area (TPSA) is 32.7 Å². The van der Waals surface area contributed by atoms with Crippen LogP contribution in [0.3, 0.4) is 0 Å². The molecule has 0 aromatic heterocycles. The summed E-state index contributed by atoms with van der Waals surface area (Å²) in [6.07, 6.45) is 3.92. The Morgan fingerprint density at radius 2 is 1.86 bits per heavy atom. The Balaban J connectivity index is 1.40. The number of aromatic hydroxyl groups is 1. The fourth-order valence-corrected chi connectivity index (χ4v) is 4.89. The molecule has 0 bridgehead atoms. The molecule has 2 aliphatic rings. The Morgan fingerprint density at radius 1 is 1.00 bits per heavy atom. The molecule has 0 fully saturated rings. The number of phenols is 1. The number of aryl methyl sites for hydroxylation is 1. The van der Waals surface area contributed by atoms with E-state index in [1.807, 2.05) is 12.1 Å². The third-order valence-electron chi connectivity index (χ3n) is 6.42. The molecule has 1 atom stereocenters. The van der Waals surface area contributed by atoms with Crippen LogP contribution in [0.25, 0.3) is 11.1 Å². The summed E-state index contributed by atoms with van der Waals surface area (Å²) in [6, 6.07) is 21.5. The number of hydrogen-bond donors (Lipinski definition) is 1. The molecule has 0 saturated carbocycles. The van der Waals surface area contributed by atoms with Gasteiger partial charge in [-0.25, -0.2) is 0 Å². The van der Waals surface area contributed by atoms with E-state index in [0.29, 0.717) is 24.1 Å². The molecule has 29 heavy (non-hydrogen) atoms. The SMILES string of the molecule is CN1CCc2cccc3c2[C@H]1Cc1ccc(OCCCc2ccccc2)c(O)c1-3. The van der Waals surface area contributed by atoms with Crippen molar-refractivity contribution in [3.63, 3.8) is 0 Å². The largest absolute Gasteiger partial charge is 0.504 e. The van der Waals surface area contributed by atoms with Crippen molar-refractivity contribution in [2.24, 2.45) is 0 Å². The van der Waals surface area contributed by atoms with Crippen LogP contribution in [0.1, 0.15) is 34.7 Å². The summed E-state index contributed by atoms with van der Waals surface area (Å²) in [5.74, 6) is 0.888. The molecule has 1 aliphatic carbocycles. The van der Waals surface area contributed by atoms with E-state index in [1.54, 1.807) is 0 Å². The molecule has 0 radical (unpaired) electrons. The highest BCUT2D eigenvalue weighted by molar-refractivity contribution is 5.82. The highest BCUT2D eigenvalue weighted by atomic mass is 16.5. The average Bonchev–Trinajstić information content (AvgIpc) is 2.75. The summed E-state index contributed by atoms with van der Waals surface area (Å²) < 4.78 is 6.00. The van der Waals surface area contributed by atoms with Gasteiger partial charge >= 0.3 is 0 Å². The quantitative estimate of drug-likeness (QED) is 0.616. The monoisotopic (exact) mass is 385 g/mol. The van der Waals surface area contributed by atoms with E-state index in [9.17, 15) is 5.11 Å². The Bertz CT molecular complexity index is 1030. The molecule has 1 N–H and O–H groups in total. The lowest BCUT2D eigenvalue weighted by Crippen LogP contribution is -2.35. The number of ether oxygens (including phenoxy) is 1. The first-order valence-corrected chi connectivity index (χ1v) is 10.6. The van der Waals surface area contributed by atoms with E-state index in [1.165, 1.54) is 27.8 Å². The Hall–Kier alpha value is -2.78. The van der Waals surface area contributed by atoms with E-state index in [4.69, 9.17) is 4.74 Å². The molecule has 3 aromatic rings. The molecule has 0 saturated heterocycles. The van der Waals surface area contributed by atoms with Crippen LogP contribution in [-0.2, 0) is 19.3 Å². The van der Waals surface area contributed by atoms with Gasteiger partial charge in [-0.3, -0.25) is 4.90 Å². The van der Waals surface area contributed by atoms with Crippen molar-refractivity contribution < 1.29 is 9.84 Å². The van der Waals surface area contributed by atoms with Gasteiger partial charge in [0, 0.05) is 18.2 Å². The predicted molar refractivity (Wildman–Crippen MR) is 117 cm³/mol. The zero-order valence-electron chi connectivity index (χ0n) is 16.9. The van der Waals surface area contributed by atoms with Crippen molar-refractivity contribution in [1.29, 1.82) is 0 Å². The maximum atomic E-state index is 11.1. The minimum atomic E-state index is 0.294. The Kier molecular flexibility index (Phi) is 4.76. The van der Waals surface area contributed by atoms with E-state index >= 15 is 0 Å². The number of fused-ring (bicyclic) bond motifs is 2. The van der Waals surface area contributed by atoms with Crippen LogP contribution < -0.4 is 4.74 Å². The van der Waals surface area contributed by atoms with Gasteiger partial charge in [0.25, 0.3) is 0 Å². The van der Waals surface area contributed by atoms with E-state index < -0.39 is 0 Å². The summed E-state index contributed by atoms with van der Waals surface area (Å²) in [4.78, 5) is 2.44. The van der Waals surface area contributed by atoms with Gasteiger partial charge in [0.15, 0.2) is 11.5 Å². The van der Waals surface area contributed by atoms with Gasteiger partial charge in [0.2, 0.25) is 0 Å². The lowest BCUT2D eigenvalue weighted by Gasteiger charge is -2.40. The molecule has 1 aliphatic heterocycles. The lowest BCUT2D eigenvalue weighted by atomic mass is 9.77. The van der Waals surface area contributed by atoms with Gasteiger partial charge < -0.3 is 9.84 Å². The maximum Gasteiger partial charge on any atom is 0.165 e. The van der Waals surface area contributed by atoms with Gasteiger partial charge in [0.05, 0.1) is 6.61 Å². The molecule has 3 nitrogen and oxygen atoms in total. The summed E-state index contributed by atoms with van der Waals surface area (Å²) in [6.45, 7) is 1.69. The van der Waals surface area contributed by atoms with Crippen LogP contribution in [0, 0.1) is 0 Å². The van der Waals surface area contributed by atoms with Gasteiger partial charge in [-0.1, -0.05) is 54.6 Å². The number of rotatable bonds is 5. The molecule has 0 unspecified atom stereocenters. The summed E-state index contributed by atoms with van der Waals surface area (Å²) in [5, 5.41) is 11.1. The average molecular weight is 386 g/mol. The number of benzene rings is 3. The van der Waals surface area contributed by atoms with Crippen molar-refractivity contribution in [3.05, 3.63) is 82.9 Å². The molecule has 3 aromatic carbocycles. The predicted octanol–water partition coefficient (Wildman–Crippen LogP) is 5.16. The Morgan fingerprint density at radius 3 is 2.72 bits per heavy atom. The minimum absolute atomic E-state index is 0.294. The third kappa shape index (κ3) is 3.30. The second-order valence-corrected chi connectivity index (χ2v) is 8.21. The van der Waals surface area contributed by atoms with E-state index in [2.05, 4.69) is 60.5 Å². The molecule has 148 valence electrons. The van der Waals surface area contributed by atoms with Crippen LogP contribution in [0.2, 0.25) is 0 Å². The summed E-state index contributed by atoms with van der Waals surface area (Å²) in [5.41, 5.74) is 7.48. The van der Waals surface area contributed by atoms with Crippen LogP contribution in [0.4, 0.5) is 0 Å². The zero-order chi connectivity index (χ0) is 19.8. The van der Waals surface area contributed by atoms with Crippen molar-refractivity contribution in [1.82, 2.24) is 4.90 Å². The zero-order valence-corrected chi connectivity index (χ0v) is 16.9. The van der Waals surface area contributed by atoms with Gasteiger partial charge in [-0.2, -0.15) is 0 Å². The van der Waals surface area contributed by atoms with Crippen molar-refractivity contribution >= 4 is 0 Å². The van der Waals surface area contributed by atoms with Crippen molar-refractivity contribution in [2.75, 3.05) is 20.2 Å². The fourth-order valence-electron chi connectivity index (χ4n) is 4.89.